The number of aromatic nitrogens is 1. The van der Waals surface area contributed by atoms with Crippen molar-refractivity contribution in [2.75, 3.05) is 0 Å². The molecule has 0 amide bonds. The summed E-state index contributed by atoms with van der Waals surface area (Å²) in [6.07, 6.45) is 0. The number of hydrogen-bond donors (Lipinski definition) is 1. The first kappa shape index (κ1) is 20.6. The zero-order valence-corrected chi connectivity index (χ0v) is 17.5. The van der Waals surface area contributed by atoms with E-state index in [9.17, 15) is 18.3 Å². The third-order valence-corrected chi connectivity index (χ3v) is 6.68. The van der Waals surface area contributed by atoms with Crippen LogP contribution in [0.4, 0.5) is 0 Å². The largest absolute Gasteiger partial charge is 0.486 e. The number of benzene rings is 3. The van der Waals surface area contributed by atoms with Crippen molar-refractivity contribution in [3.05, 3.63) is 95.8 Å². The number of ether oxygens (including phenoxy) is 1. The fourth-order valence-electron chi connectivity index (χ4n) is 3.35. The monoisotopic (exact) mass is 433 g/mol. The molecule has 0 unspecified atom stereocenters. The van der Waals surface area contributed by atoms with E-state index in [0.717, 1.165) is 5.56 Å². The first-order valence-electron chi connectivity index (χ1n) is 9.52. The third-order valence-electron chi connectivity index (χ3n) is 4.91. The SMILES string of the molecule is Cc1nc(C(=O)O)c(OCc2ccccc2)c2ccc(S(=O)(=O)c3ccccc3)cc12. The van der Waals surface area contributed by atoms with Gasteiger partial charge in [-0.15, -0.1) is 0 Å². The summed E-state index contributed by atoms with van der Waals surface area (Å²) in [4.78, 5) is 16.3. The molecule has 7 heteroatoms. The maximum atomic E-state index is 13.0. The molecule has 6 nitrogen and oxygen atoms in total. The average molecular weight is 433 g/mol. The van der Waals surface area contributed by atoms with Gasteiger partial charge in [-0.25, -0.2) is 18.2 Å². The zero-order valence-electron chi connectivity index (χ0n) is 16.6. The Bertz CT molecular complexity index is 1370. The third kappa shape index (κ3) is 4.00. The predicted octanol–water partition coefficient (Wildman–Crippen LogP) is 4.65. The van der Waals surface area contributed by atoms with Crippen LogP contribution >= 0.6 is 0 Å². The van der Waals surface area contributed by atoms with E-state index in [-0.39, 0.29) is 27.8 Å². The molecule has 4 rings (SSSR count). The van der Waals surface area contributed by atoms with Crippen LogP contribution in [0.5, 0.6) is 5.75 Å². The lowest BCUT2D eigenvalue weighted by molar-refractivity contribution is 0.0685. The van der Waals surface area contributed by atoms with Crippen LogP contribution in [0.1, 0.15) is 21.7 Å². The number of carboxylic acid groups (broad SMARTS) is 1. The van der Waals surface area contributed by atoms with Crippen molar-refractivity contribution in [1.82, 2.24) is 4.98 Å². The van der Waals surface area contributed by atoms with Crippen LogP contribution in [-0.4, -0.2) is 24.5 Å². The van der Waals surface area contributed by atoms with E-state index in [2.05, 4.69) is 4.98 Å². The molecule has 1 aromatic heterocycles. The maximum Gasteiger partial charge on any atom is 0.358 e. The van der Waals surface area contributed by atoms with Crippen LogP contribution in [0.3, 0.4) is 0 Å². The number of carboxylic acids is 1. The van der Waals surface area contributed by atoms with Crippen LogP contribution in [0.25, 0.3) is 10.8 Å². The molecule has 0 aliphatic rings. The molecule has 0 aliphatic heterocycles. The van der Waals surface area contributed by atoms with Gasteiger partial charge in [-0.05, 0) is 42.8 Å². The molecule has 0 saturated carbocycles. The smallest absolute Gasteiger partial charge is 0.358 e. The fourth-order valence-corrected chi connectivity index (χ4v) is 4.66. The number of aromatic carboxylic acids is 1. The quantitative estimate of drug-likeness (QED) is 0.476. The Morgan fingerprint density at radius 3 is 2.19 bits per heavy atom. The summed E-state index contributed by atoms with van der Waals surface area (Å²) < 4.78 is 31.9. The number of carbonyl (C=O) groups is 1. The van der Waals surface area contributed by atoms with Crippen molar-refractivity contribution >= 4 is 26.6 Å². The molecule has 0 bridgehead atoms. The van der Waals surface area contributed by atoms with Gasteiger partial charge in [0, 0.05) is 16.5 Å². The van der Waals surface area contributed by atoms with Crippen LogP contribution < -0.4 is 4.74 Å². The molecule has 0 radical (unpaired) electrons. The van der Waals surface area contributed by atoms with E-state index >= 15 is 0 Å². The second-order valence-corrected chi connectivity index (χ2v) is 8.93. The molecule has 0 fully saturated rings. The lowest BCUT2D eigenvalue weighted by Gasteiger charge is -2.15. The summed E-state index contributed by atoms with van der Waals surface area (Å²) in [6, 6.07) is 22.0. The first-order chi connectivity index (χ1) is 14.9. The summed E-state index contributed by atoms with van der Waals surface area (Å²) in [5.74, 6) is -1.10. The minimum atomic E-state index is -3.73. The molecule has 4 aromatic rings. The van der Waals surface area contributed by atoms with Crippen molar-refractivity contribution in [1.29, 1.82) is 0 Å². The van der Waals surface area contributed by atoms with Crippen molar-refractivity contribution in [3.63, 3.8) is 0 Å². The van der Waals surface area contributed by atoms with E-state index in [1.807, 2.05) is 30.3 Å². The molecule has 1 heterocycles. The summed E-state index contributed by atoms with van der Waals surface area (Å²) in [7, 11) is -3.73. The summed E-state index contributed by atoms with van der Waals surface area (Å²) in [5.41, 5.74) is 1.07. The Hall–Kier alpha value is -3.71. The molecule has 0 atom stereocenters. The van der Waals surface area contributed by atoms with Gasteiger partial charge in [0.15, 0.2) is 11.4 Å². The van der Waals surface area contributed by atoms with Gasteiger partial charge in [-0.3, -0.25) is 0 Å². The van der Waals surface area contributed by atoms with Crippen LogP contribution in [0.15, 0.2) is 88.7 Å². The summed E-state index contributed by atoms with van der Waals surface area (Å²) >= 11 is 0. The van der Waals surface area contributed by atoms with E-state index in [4.69, 9.17) is 4.74 Å². The van der Waals surface area contributed by atoms with E-state index in [1.54, 1.807) is 31.2 Å². The number of nitrogens with zero attached hydrogens (tertiary/aromatic N) is 1. The van der Waals surface area contributed by atoms with Gasteiger partial charge >= 0.3 is 5.97 Å². The van der Waals surface area contributed by atoms with Gasteiger partial charge in [0.05, 0.1) is 9.79 Å². The highest BCUT2D eigenvalue weighted by Gasteiger charge is 2.23. The molecule has 0 aliphatic carbocycles. The van der Waals surface area contributed by atoms with Crippen LogP contribution in [0, 0.1) is 6.92 Å². The maximum absolute atomic E-state index is 13.0. The Morgan fingerprint density at radius 1 is 0.903 bits per heavy atom. The van der Waals surface area contributed by atoms with Crippen molar-refractivity contribution in [2.45, 2.75) is 23.3 Å². The number of hydrogen-bond acceptors (Lipinski definition) is 5. The van der Waals surface area contributed by atoms with Gasteiger partial charge < -0.3 is 9.84 Å². The number of aryl methyl sites for hydroxylation is 1. The summed E-state index contributed by atoms with van der Waals surface area (Å²) in [6.45, 7) is 1.81. The summed E-state index contributed by atoms with van der Waals surface area (Å²) in [5, 5.41) is 10.7. The molecular formula is C24H19NO5S. The van der Waals surface area contributed by atoms with Crippen molar-refractivity contribution in [2.24, 2.45) is 0 Å². The standard InChI is InChI=1S/C24H19NO5S/c1-16-21-14-19(31(28,29)18-10-6-3-7-11-18)12-13-20(21)23(22(25-16)24(26)27)30-15-17-8-4-2-5-9-17/h2-14H,15H2,1H3,(H,26,27). The van der Waals surface area contributed by atoms with E-state index < -0.39 is 15.8 Å². The Balaban J connectivity index is 1.84. The normalized spacial score (nSPS) is 11.4. The van der Waals surface area contributed by atoms with E-state index in [1.165, 1.54) is 24.3 Å². The zero-order chi connectivity index (χ0) is 22.0. The van der Waals surface area contributed by atoms with Crippen LogP contribution in [-0.2, 0) is 16.4 Å². The fraction of sp³-hybridized carbons (Fsp3) is 0.0833. The molecule has 31 heavy (non-hydrogen) atoms. The van der Waals surface area contributed by atoms with Gasteiger partial charge in [-0.1, -0.05) is 48.5 Å². The molecule has 0 spiro atoms. The molecule has 156 valence electrons. The van der Waals surface area contributed by atoms with Gasteiger partial charge in [0.25, 0.3) is 0 Å². The number of sulfone groups is 1. The van der Waals surface area contributed by atoms with Gasteiger partial charge in [0.2, 0.25) is 9.84 Å². The predicted molar refractivity (Wildman–Crippen MR) is 116 cm³/mol. The topological polar surface area (TPSA) is 93.6 Å². The first-order valence-corrected chi connectivity index (χ1v) is 11.0. The molecule has 3 aromatic carbocycles. The molecular weight excluding hydrogens is 414 g/mol. The molecule has 0 saturated heterocycles. The second kappa shape index (κ2) is 8.20. The Morgan fingerprint density at radius 2 is 1.55 bits per heavy atom. The van der Waals surface area contributed by atoms with Crippen molar-refractivity contribution < 1.29 is 23.1 Å². The highest BCUT2D eigenvalue weighted by Crippen LogP contribution is 2.34. The number of fused-ring (bicyclic) bond motifs is 1. The Kier molecular flexibility index (Phi) is 5.44. The van der Waals surface area contributed by atoms with Gasteiger partial charge in [-0.2, -0.15) is 0 Å². The second-order valence-electron chi connectivity index (χ2n) is 6.98. The lowest BCUT2D eigenvalue weighted by Crippen LogP contribution is -2.09. The minimum Gasteiger partial charge on any atom is -0.486 e. The highest BCUT2D eigenvalue weighted by atomic mass is 32.2. The van der Waals surface area contributed by atoms with Crippen LogP contribution in [0.2, 0.25) is 0 Å². The lowest BCUT2D eigenvalue weighted by atomic mass is 10.1. The highest BCUT2D eigenvalue weighted by molar-refractivity contribution is 7.91. The van der Waals surface area contributed by atoms with E-state index in [0.29, 0.717) is 16.5 Å². The van der Waals surface area contributed by atoms with Crippen molar-refractivity contribution in [3.8, 4) is 5.75 Å². The van der Waals surface area contributed by atoms with Gasteiger partial charge in [0.1, 0.15) is 6.61 Å². The average Bonchev–Trinajstić information content (AvgIpc) is 2.79. The molecule has 1 N–H and O–H groups in total. The number of pyridine rings is 1. The number of rotatable bonds is 6. The minimum absolute atomic E-state index is 0.105. The Labute approximate surface area is 179 Å².